The van der Waals surface area contributed by atoms with Gasteiger partial charge in [0, 0.05) is 16.4 Å². The van der Waals surface area contributed by atoms with Gasteiger partial charge in [0.2, 0.25) is 0 Å². The molecule has 2 rings (SSSR count). The summed E-state index contributed by atoms with van der Waals surface area (Å²) in [5.41, 5.74) is 2.15. The van der Waals surface area contributed by atoms with Crippen LogP contribution >= 0.6 is 11.6 Å². The minimum absolute atomic E-state index is 0.406. The monoisotopic (exact) mass is 318 g/mol. The molecule has 0 spiro atoms. The van der Waals surface area contributed by atoms with Crippen LogP contribution in [-0.2, 0) is 4.74 Å². The van der Waals surface area contributed by atoms with Gasteiger partial charge in [-0.25, -0.2) is 9.59 Å². The lowest BCUT2D eigenvalue weighted by molar-refractivity contribution is 0.0600. The number of ether oxygens (including phenoxy) is 1. The molecule has 2 aromatic carbocycles. The first kappa shape index (κ1) is 15.9. The third-order valence-corrected chi connectivity index (χ3v) is 3.30. The standard InChI is InChI=1S/C16H15ClN2O3/c1-10-13(15(20)22-2)7-4-8-14(10)19-16(21)18-12-6-3-5-11(17)9-12/h3-9H,1-2H3,(H2,18,19,21). The van der Waals surface area contributed by atoms with Gasteiger partial charge in [-0.05, 0) is 42.8 Å². The van der Waals surface area contributed by atoms with E-state index in [1.165, 1.54) is 7.11 Å². The van der Waals surface area contributed by atoms with Crippen LogP contribution in [0.25, 0.3) is 0 Å². The zero-order chi connectivity index (χ0) is 16.1. The van der Waals surface area contributed by atoms with Crippen LogP contribution in [0.5, 0.6) is 0 Å². The van der Waals surface area contributed by atoms with Crippen molar-refractivity contribution in [2.45, 2.75) is 6.92 Å². The first-order valence-corrected chi connectivity index (χ1v) is 6.90. The van der Waals surface area contributed by atoms with Gasteiger partial charge in [-0.15, -0.1) is 0 Å². The molecule has 2 amide bonds. The Morgan fingerprint density at radius 1 is 1.09 bits per heavy atom. The Balaban J connectivity index is 2.13. The maximum atomic E-state index is 12.0. The van der Waals surface area contributed by atoms with E-state index in [1.807, 2.05) is 0 Å². The number of carbonyl (C=O) groups is 2. The number of methoxy groups -OCH3 is 1. The van der Waals surface area contributed by atoms with Gasteiger partial charge in [0.25, 0.3) is 0 Å². The molecule has 0 fully saturated rings. The lowest BCUT2D eigenvalue weighted by Crippen LogP contribution is -2.20. The molecular weight excluding hydrogens is 304 g/mol. The van der Waals surface area contributed by atoms with Crippen molar-refractivity contribution in [3.8, 4) is 0 Å². The highest BCUT2D eigenvalue weighted by molar-refractivity contribution is 6.30. The van der Waals surface area contributed by atoms with Crippen molar-refractivity contribution in [1.29, 1.82) is 0 Å². The fraction of sp³-hybridized carbons (Fsp3) is 0.125. The van der Waals surface area contributed by atoms with Crippen molar-refractivity contribution in [3.05, 3.63) is 58.6 Å². The summed E-state index contributed by atoms with van der Waals surface area (Å²) in [6.07, 6.45) is 0. The molecule has 114 valence electrons. The molecule has 6 heteroatoms. The van der Waals surface area contributed by atoms with E-state index in [0.717, 1.165) is 0 Å². The molecule has 0 heterocycles. The highest BCUT2D eigenvalue weighted by atomic mass is 35.5. The predicted octanol–water partition coefficient (Wildman–Crippen LogP) is 4.08. The topological polar surface area (TPSA) is 67.4 Å². The van der Waals surface area contributed by atoms with Gasteiger partial charge in [-0.1, -0.05) is 23.7 Å². The molecule has 0 bridgehead atoms. The fourth-order valence-corrected chi connectivity index (χ4v) is 2.14. The van der Waals surface area contributed by atoms with Gasteiger partial charge >= 0.3 is 12.0 Å². The normalized spacial score (nSPS) is 9.95. The van der Waals surface area contributed by atoms with Gasteiger partial charge in [0.1, 0.15) is 0 Å². The summed E-state index contributed by atoms with van der Waals surface area (Å²) in [7, 11) is 1.31. The quantitative estimate of drug-likeness (QED) is 0.838. The smallest absolute Gasteiger partial charge is 0.338 e. The maximum absolute atomic E-state index is 12.0. The molecule has 22 heavy (non-hydrogen) atoms. The van der Waals surface area contributed by atoms with E-state index in [2.05, 4.69) is 10.6 Å². The third-order valence-electron chi connectivity index (χ3n) is 3.07. The second-order valence-electron chi connectivity index (χ2n) is 4.56. The van der Waals surface area contributed by atoms with E-state index < -0.39 is 12.0 Å². The largest absolute Gasteiger partial charge is 0.465 e. The summed E-state index contributed by atoms with van der Waals surface area (Å²) in [5.74, 6) is -0.448. The number of urea groups is 1. The van der Waals surface area contributed by atoms with Crippen LogP contribution in [0.3, 0.4) is 0 Å². The summed E-state index contributed by atoms with van der Waals surface area (Å²) in [4.78, 5) is 23.7. The fourth-order valence-electron chi connectivity index (χ4n) is 1.95. The Hall–Kier alpha value is -2.53. The number of nitrogens with one attached hydrogen (secondary N) is 2. The second-order valence-corrected chi connectivity index (χ2v) is 5.00. The van der Waals surface area contributed by atoms with Crippen LogP contribution in [0.15, 0.2) is 42.5 Å². The molecule has 2 N–H and O–H groups in total. The lowest BCUT2D eigenvalue weighted by Gasteiger charge is -2.12. The van der Waals surface area contributed by atoms with Crippen molar-refractivity contribution < 1.29 is 14.3 Å². The van der Waals surface area contributed by atoms with Crippen molar-refractivity contribution in [1.82, 2.24) is 0 Å². The number of halogens is 1. The first-order valence-electron chi connectivity index (χ1n) is 6.52. The second kappa shape index (κ2) is 6.95. The van der Waals surface area contributed by atoms with Crippen LogP contribution < -0.4 is 10.6 Å². The zero-order valence-corrected chi connectivity index (χ0v) is 12.9. The maximum Gasteiger partial charge on any atom is 0.338 e. The summed E-state index contributed by atoms with van der Waals surface area (Å²) < 4.78 is 4.70. The Morgan fingerprint density at radius 2 is 1.82 bits per heavy atom. The molecule has 0 unspecified atom stereocenters. The number of rotatable bonds is 3. The van der Waals surface area contributed by atoms with E-state index in [4.69, 9.17) is 16.3 Å². The van der Waals surface area contributed by atoms with Crippen molar-refractivity contribution in [3.63, 3.8) is 0 Å². The van der Waals surface area contributed by atoms with Crippen LogP contribution in [-0.4, -0.2) is 19.1 Å². The number of carbonyl (C=O) groups excluding carboxylic acids is 2. The summed E-state index contributed by atoms with van der Waals surface area (Å²) in [6, 6.07) is 11.4. The van der Waals surface area contributed by atoms with Gasteiger partial charge in [-0.2, -0.15) is 0 Å². The van der Waals surface area contributed by atoms with Crippen molar-refractivity contribution in [2.24, 2.45) is 0 Å². The third kappa shape index (κ3) is 3.77. The van der Waals surface area contributed by atoms with E-state index in [-0.39, 0.29) is 0 Å². The van der Waals surface area contributed by atoms with Gasteiger partial charge in [-0.3, -0.25) is 0 Å². The first-order chi connectivity index (χ1) is 10.5. The molecule has 0 saturated heterocycles. The molecule has 0 atom stereocenters. The van der Waals surface area contributed by atoms with E-state index in [9.17, 15) is 9.59 Å². The van der Waals surface area contributed by atoms with E-state index in [1.54, 1.807) is 49.4 Å². The van der Waals surface area contributed by atoms with Crippen molar-refractivity contribution in [2.75, 3.05) is 17.7 Å². The lowest BCUT2D eigenvalue weighted by atomic mass is 10.1. The highest BCUT2D eigenvalue weighted by Gasteiger charge is 2.13. The molecule has 0 saturated carbocycles. The molecule has 0 radical (unpaired) electrons. The van der Waals surface area contributed by atoms with Crippen LogP contribution in [0.4, 0.5) is 16.2 Å². The van der Waals surface area contributed by atoms with Gasteiger partial charge in [0.05, 0.1) is 12.7 Å². The van der Waals surface area contributed by atoms with Crippen LogP contribution in [0.2, 0.25) is 5.02 Å². The number of anilines is 2. The van der Waals surface area contributed by atoms with Gasteiger partial charge < -0.3 is 15.4 Å². The average molecular weight is 319 g/mol. The molecule has 2 aromatic rings. The molecular formula is C16H15ClN2O3. The average Bonchev–Trinajstić information content (AvgIpc) is 2.48. The Bertz CT molecular complexity index is 716. The highest BCUT2D eigenvalue weighted by Crippen LogP contribution is 2.20. The number of benzene rings is 2. The zero-order valence-electron chi connectivity index (χ0n) is 12.1. The summed E-state index contributed by atoms with van der Waals surface area (Å²) >= 11 is 5.86. The van der Waals surface area contributed by atoms with Crippen molar-refractivity contribution >= 4 is 35.0 Å². The van der Waals surface area contributed by atoms with Crippen LogP contribution in [0.1, 0.15) is 15.9 Å². The molecule has 0 aromatic heterocycles. The minimum atomic E-state index is -0.448. The molecule has 0 aliphatic rings. The number of amides is 2. The Morgan fingerprint density at radius 3 is 2.50 bits per heavy atom. The van der Waals surface area contributed by atoms with E-state index in [0.29, 0.717) is 27.5 Å². The molecule has 5 nitrogen and oxygen atoms in total. The number of hydrogen-bond acceptors (Lipinski definition) is 3. The minimum Gasteiger partial charge on any atom is -0.465 e. The van der Waals surface area contributed by atoms with Gasteiger partial charge in [0.15, 0.2) is 0 Å². The number of hydrogen-bond donors (Lipinski definition) is 2. The summed E-state index contributed by atoms with van der Waals surface area (Å²) in [5, 5.41) is 5.90. The summed E-state index contributed by atoms with van der Waals surface area (Å²) in [6.45, 7) is 1.74. The molecule has 0 aliphatic carbocycles. The van der Waals surface area contributed by atoms with Crippen LogP contribution in [0, 0.1) is 6.92 Å². The van der Waals surface area contributed by atoms with E-state index >= 15 is 0 Å². The molecule has 0 aliphatic heterocycles. The SMILES string of the molecule is COC(=O)c1cccc(NC(=O)Nc2cccc(Cl)c2)c1C. The Labute approximate surface area is 133 Å². The Kier molecular flexibility index (Phi) is 5.01. The number of esters is 1. The predicted molar refractivity (Wildman–Crippen MR) is 86.6 cm³/mol.